The number of rotatable bonds is 5. The van der Waals surface area contributed by atoms with Gasteiger partial charge in [0.25, 0.3) is 6.47 Å². The Morgan fingerprint density at radius 3 is 2.91 bits per heavy atom. The Morgan fingerprint density at radius 2 is 2.45 bits per heavy atom. The summed E-state index contributed by atoms with van der Waals surface area (Å²) < 4.78 is 4.41. The van der Waals surface area contributed by atoms with Crippen LogP contribution in [-0.2, 0) is 9.53 Å². The van der Waals surface area contributed by atoms with E-state index in [1.165, 1.54) is 0 Å². The summed E-state index contributed by atoms with van der Waals surface area (Å²) in [6.07, 6.45) is 3.63. The Balaban J connectivity index is 3.76. The van der Waals surface area contributed by atoms with Crippen molar-refractivity contribution in [3.05, 3.63) is 11.6 Å². The molecule has 0 aromatic heterocycles. The molecule has 0 saturated heterocycles. The summed E-state index contributed by atoms with van der Waals surface area (Å²) in [4.78, 5) is 9.74. The number of hydrogen-bond donors (Lipinski definition) is 0. The van der Waals surface area contributed by atoms with Crippen LogP contribution in [-0.4, -0.2) is 13.1 Å². The molecule has 0 N–H and O–H groups in total. The Morgan fingerprint density at radius 1 is 1.73 bits per heavy atom. The minimum absolute atomic E-state index is 0.0972. The summed E-state index contributed by atoms with van der Waals surface area (Å²) in [5.74, 6) is 0. The highest BCUT2D eigenvalue weighted by atomic mass is 16.5. The van der Waals surface area contributed by atoms with Crippen molar-refractivity contribution in [1.82, 2.24) is 0 Å². The Labute approximate surface area is 66.3 Å². The molecule has 60 valence electrons. The first kappa shape index (κ1) is 9.70. The number of allylic oxidation sites excluding steroid dienone is 1. The fourth-order valence-corrected chi connectivity index (χ4v) is 0.579. The maximum absolute atomic E-state index is 9.74. The third kappa shape index (κ3) is 5.16. The highest BCUT2D eigenvalue weighted by Gasteiger charge is 1.92. The van der Waals surface area contributed by atoms with E-state index in [0.717, 1.165) is 12.8 Å². The van der Waals surface area contributed by atoms with Crippen LogP contribution in [0.3, 0.4) is 0 Å². The molecule has 0 fully saturated rings. The van der Waals surface area contributed by atoms with E-state index in [1.54, 1.807) is 6.08 Å². The molecule has 3 heteroatoms. The summed E-state index contributed by atoms with van der Waals surface area (Å²) >= 11 is 0. The molecule has 3 nitrogen and oxygen atoms in total. The zero-order chi connectivity index (χ0) is 8.53. The number of nitriles is 1. The normalized spacial score (nSPS) is 10.4. The van der Waals surface area contributed by atoms with Gasteiger partial charge in [-0.1, -0.05) is 19.4 Å². The second-order valence-electron chi connectivity index (χ2n) is 2.04. The lowest BCUT2D eigenvalue weighted by atomic mass is 10.2. The molecule has 11 heavy (non-hydrogen) atoms. The highest BCUT2D eigenvalue weighted by molar-refractivity contribution is 5.38. The molecule has 0 spiro atoms. The zero-order valence-electron chi connectivity index (χ0n) is 6.54. The molecular weight excluding hydrogens is 142 g/mol. The van der Waals surface area contributed by atoms with Gasteiger partial charge in [-0.25, -0.2) is 0 Å². The number of ether oxygens (including phenoxy) is 1. The molecule has 0 aliphatic heterocycles. The lowest BCUT2D eigenvalue weighted by molar-refractivity contribution is -0.127. The SMILES string of the molecule is CCC/C=C(/C#N)COC=O. The molecule has 0 amide bonds. The Bertz CT molecular complexity index is 179. The van der Waals surface area contributed by atoms with E-state index in [4.69, 9.17) is 5.26 Å². The lowest BCUT2D eigenvalue weighted by Crippen LogP contribution is -1.93. The van der Waals surface area contributed by atoms with E-state index < -0.39 is 0 Å². The third-order valence-corrected chi connectivity index (χ3v) is 1.13. The van der Waals surface area contributed by atoms with Crippen molar-refractivity contribution in [3.8, 4) is 6.07 Å². The summed E-state index contributed by atoms with van der Waals surface area (Å²) in [5.41, 5.74) is 0.513. The van der Waals surface area contributed by atoms with Crippen LogP contribution >= 0.6 is 0 Å². The van der Waals surface area contributed by atoms with Crippen molar-refractivity contribution in [2.45, 2.75) is 19.8 Å². The van der Waals surface area contributed by atoms with Gasteiger partial charge in [-0.05, 0) is 6.42 Å². The Hall–Kier alpha value is -1.30. The molecule has 0 aromatic rings. The van der Waals surface area contributed by atoms with E-state index >= 15 is 0 Å². The number of hydrogen-bond acceptors (Lipinski definition) is 3. The maximum atomic E-state index is 9.74. The second-order valence-corrected chi connectivity index (χ2v) is 2.04. The van der Waals surface area contributed by atoms with Gasteiger partial charge in [0.1, 0.15) is 6.61 Å². The maximum Gasteiger partial charge on any atom is 0.293 e. The number of nitrogens with zero attached hydrogens (tertiary/aromatic N) is 1. The van der Waals surface area contributed by atoms with Crippen LogP contribution < -0.4 is 0 Å². The van der Waals surface area contributed by atoms with Crippen molar-refractivity contribution in [1.29, 1.82) is 5.26 Å². The second kappa shape index (κ2) is 6.81. The molecule has 0 bridgehead atoms. The average Bonchev–Trinajstić information content (AvgIpc) is 2.05. The fourth-order valence-electron chi connectivity index (χ4n) is 0.579. The minimum atomic E-state index is 0.0972. The number of carbonyl (C=O) groups is 1. The van der Waals surface area contributed by atoms with Gasteiger partial charge < -0.3 is 4.74 Å². The van der Waals surface area contributed by atoms with Crippen molar-refractivity contribution in [2.24, 2.45) is 0 Å². The molecule has 0 heterocycles. The van der Waals surface area contributed by atoms with Gasteiger partial charge in [0.15, 0.2) is 0 Å². The molecule has 0 rings (SSSR count). The highest BCUT2D eigenvalue weighted by Crippen LogP contribution is 1.97. The van der Waals surface area contributed by atoms with E-state index in [9.17, 15) is 4.79 Å². The van der Waals surface area contributed by atoms with E-state index in [1.807, 2.05) is 13.0 Å². The molecular formula is C8H11NO2. The van der Waals surface area contributed by atoms with Crippen LogP contribution in [0.4, 0.5) is 0 Å². The van der Waals surface area contributed by atoms with Gasteiger partial charge in [0.2, 0.25) is 0 Å². The van der Waals surface area contributed by atoms with Crippen LogP contribution in [0.5, 0.6) is 0 Å². The lowest BCUT2D eigenvalue weighted by Gasteiger charge is -1.94. The fraction of sp³-hybridized carbons (Fsp3) is 0.500. The molecule has 0 aromatic carbocycles. The van der Waals surface area contributed by atoms with E-state index in [2.05, 4.69) is 4.74 Å². The molecule has 0 unspecified atom stereocenters. The first-order valence-electron chi connectivity index (χ1n) is 3.49. The summed E-state index contributed by atoms with van der Waals surface area (Å²) in [5, 5.41) is 8.47. The summed E-state index contributed by atoms with van der Waals surface area (Å²) in [6.45, 7) is 2.46. The van der Waals surface area contributed by atoms with E-state index in [-0.39, 0.29) is 6.61 Å². The minimum Gasteiger partial charge on any atom is -0.462 e. The van der Waals surface area contributed by atoms with Gasteiger partial charge in [-0.3, -0.25) is 4.79 Å². The summed E-state index contributed by atoms with van der Waals surface area (Å²) in [6, 6.07) is 1.95. The van der Waals surface area contributed by atoms with Gasteiger partial charge in [0, 0.05) is 0 Å². The Kier molecular flexibility index (Phi) is 6.01. The van der Waals surface area contributed by atoms with Gasteiger partial charge >= 0.3 is 0 Å². The largest absolute Gasteiger partial charge is 0.462 e. The van der Waals surface area contributed by atoms with E-state index in [0.29, 0.717) is 12.0 Å². The molecule has 0 aliphatic carbocycles. The van der Waals surface area contributed by atoms with Gasteiger partial charge in [-0.2, -0.15) is 5.26 Å². The molecule has 0 aliphatic rings. The van der Waals surface area contributed by atoms with Crippen LogP contribution in [0, 0.1) is 11.3 Å². The average molecular weight is 153 g/mol. The first-order chi connectivity index (χ1) is 5.35. The zero-order valence-corrected chi connectivity index (χ0v) is 6.54. The smallest absolute Gasteiger partial charge is 0.293 e. The quantitative estimate of drug-likeness (QED) is 0.443. The molecule has 0 atom stereocenters. The standard InChI is InChI=1S/C8H11NO2/c1-2-3-4-8(5-9)6-11-7-10/h4,7H,2-3,6H2,1H3/b8-4-. The van der Waals surface area contributed by atoms with Crippen molar-refractivity contribution in [2.75, 3.05) is 6.61 Å². The van der Waals surface area contributed by atoms with Crippen LogP contribution in [0.15, 0.2) is 11.6 Å². The third-order valence-electron chi connectivity index (χ3n) is 1.13. The van der Waals surface area contributed by atoms with Crippen LogP contribution in [0.2, 0.25) is 0 Å². The topological polar surface area (TPSA) is 50.1 Å². The van der Waals surface area contributed by atoms with Crippen molar-refractivity contribution < 1.29 is 9.53 Å². The molecule has 0 saturated carbocycles. The molecule has 0 radical (unpaired) electrons. The summed E-state index contributed by atoms with van der Waals surface area (Å²) in [7, 11) is 0. The predicted molar refractivity (Wildman–Crippen MR) is 40.6 cm³/mol. The van der Waals surface area contributed by atoms with Crippen molar-refractivity contribution in [3.63, 3.8) is 0 Å². The monoisotopic (exact) mass is 153 g/mol. The number of carbonyl (C=O) groups excluding carboxylic acids is 1. The van der Waals surface area contributed by atoms with Crippen LogP contribution in [0.1, 0.15) is 19.8 Å². The number of unbranched alkanes of at least 4 members (excludes halogenated alkanes) is 1. The van der Waals surface area contributed by atoms with Gasteiger partial charge in [-0.15, -0.1) is 0 Å². The first-order valence-corrected chi connectivity index (χ1v) is 3.49. The predicted octanol–water partition coefficient (Wildman–Crippen LogP) is 1.41. The van der Waals surface area contributed by atoms with Crippen molar-refractivity contribution >= 4 is 6.47 Å². The van der Waals surface area contributed by atoms with Crippen LogP contribution in [0.25, 0.3) is 0 Å². The van der Waals surface area contributed by atoms with Gasteiger partial charge in [0.05, 0.1) is 11.6 Å².